The molecule has 0 bridgehead atoms. The molecule has 1 aromatic carbocycles. The number of carbonyl (C=O) groups is 5. The Kier molecular flexibility index (Phi) is 8.63. The Labute approximate surface area is 211 Å². The van der Waals surface area contributed by atoms with Gasteiger partial charge in [0.05, 0.1) is 20.3 Å². The molecule has 6 atom stereocenters. The lowest BCUT2D eigenvalue weighted by atomic mass is 9.72. The molecule has 0 radical (unpaired) electrons. The van der Waals surface area contributed by atoms with Crippen LogP contribution >= 0.6 is 0 Å². The molecule has 1 saturated carbocycles. The highest BCUT2D eigenvalue weighted by Crippen LogP contribution is 2.43. The molecule has 1 fully saturated rings. The Balaban J connectivity index is 2.25. The van der Waals surface area contributed by atoms with Crippen molar-refractivity contribution in [3.05, 3.63) is 23.8 Å². The molecule has 1 aromatic rings. The minimum absolute atomic E-state index is 0.0284. The maximum atomic E-state index is 12.4. The molecule has 0 unspecified atom stereocenters. The van der Waals surface area contributed by atoms with Crippen molar-refractivity contribution in [2.75, 3.05) is 21.0 Å². The summed E-state index contributed by atoms with van der Waals surface area (Å²) in [5.41, 5.74) is 0.411. The van der Waals surface area contributed by atoms with E-state index in [9.17, 15) is 24.0 Å². The van der Waals surface area contributed by atoms with Gasteiger partial charge in [-0.05, 0) is 17.7 Å². The number of rotatable bonds is 6. The highest BCUT2D eigenvalue weighted by molar-refractivity contribution is 5.70. The summed E-state index contributed by atoms with van der Waals surface area (Å²) >= 11 is 0. The van der Waals surface area contributed by atoms with E-state index in [1.54, 1.807) is 18.2 Å². The van der Waals surface area contributed by atoms with Crippen LogP contribution in [0.4, 0.5) is 9.59 Å². The van der Waals surface area contributed by atoms with Gasteiger partial charge in [-0.25, -0.2) is 9.59 Å². The monoisotopic (exact) mass is 525 g/mol. The highest BCUT2D eigenvalue weighted by Gasteiger charge is 2.58. The number of ether oxygens (including phenoxy) is 8. The van der Waals surface area contributed by atoms with Gasteiger partial charge in [-0.2, -0.15) is 0 Å². The summed E-state index contributed by atoms with van der Waals surface area (Å²) in [7, 11) is 2.16. The van der Waals surface area contributed by atoms with Gasteiger partial charge >= 0.3 is 30.2 Å². The second-order valence-corrected chi connectivity index (χ2v) is 8.06. The Morgan fingerprint density at radius 1 is 0.757 bits per heavy atom. The normalized spacial score (nSPS) is 25.8. The number of esters is 3. The van der Waals surface area contributed by atoms with Crippen LogP contribution in [0.3, 0.4) is 0 Å². The molecule has 0 spiro atoms. The van der Waals surface area contributed by atoms with Gasteiger partial charge in [0.2, 0.25) is 6.79 Å². The fourth-order valence-corrected chi connectivity index (χ4v) is 4.36. The SMILES string of the molecule is COC(=O)N[C@H]1[C@H](OC(=O)OC)[C@H](OC(C)=O)[C@@H](OC(C)=O)[C@H](OC(C)=O)[C@@H]1c1ccc2c(c1)OCO2. The van der Waals surface area contributed by atoms with E-state index in [1.807, 2.05) is 0 Å². The lowest BCUT2D eigenvalue weighted by Crippen LogP contribution is -2.68. The van der Waals surface area contributed by atoms with E-state index < -0.39 is 66.5 Å². The van der Waals surface area contributed by atoms with Crippen LogP contribution < -0.4 is 14.8 Å². The van der Waals surface area contributed by atoms with Crippen LogP contribution in [0, 0.1) is 0 Å². The van der Waals surface area contributed by atoms with Gasteiger partial charge in [0.25, 0.3) is 0 Å². The molecule has 1 aliphatic heterocycles. The number of hydrogen-bond donors (Lipinski definition) is 1. The number of nitrogens with one attached hydrogen (secondary N) is 1. The molecular formula is C23H27NO13. The smallest absolute Gasteiger partial charge is 0.458 e. The Morgan fingerprint density at radius 3 is 1.89 bits per heavy atom. The van der Waals surface area contributed by atoms with Crippen molar-refractivity contribution in [3.8, 4) is 11.5 Å². The number of hydrogen-bond acceptors (Lipinski definition) is 13. The van der Waals surface area contributed by atoms with E-state index in [1.165, 1.54) is 0 Å². The molecule has 202 valence electrons. The van der Waals surface area contributed by atoms with Crippen molar-refractivity contribution in [2.24, 2.45) is 0 Å². The number of carbonyl (C=O) groups excluding carboxylic acids is 5. The zero-order valence-corrected chi connectivity index (χ0v) is 20.7. The molecule has 1 N–H and O–H groups in total. The fraction of sp³-hybridized carbons (Fsp3) is 0.522. The third kappa shape index (κ3) is 6.32. The van der Waals surface area contributed by atoms with Gasteiger partial charge in [-0.15, -0.1) is 0 Å². The second kappa shape index (κ2) is 11.7. The third-order valence-corrected chi connectivity index (χ3v) is 5.62. The largest absolute Gasteiger partial charge is 0.508 e. The summed E-state index contributed by atoms with van der Waals surface area (Å²) in [5.74, 6) is -2.66. The van der Waals surface area contributed by atoms with Gasteiger partial charge in [0.1, 0.15) is 0 Å². The number of fused-ring (bicyclic) bond motifs is 1. The maximum Gasteiger partial charge on any atom is 0.508 e. The van der Waals surface area contributed by atoms with E-state index in [2.05, 4.69) is 10.1 Å². The predicted octanol–water partition coefficient (Wildman–Crippen LogP) is 1.18. The van der Waals surface area contributed by atoms with E-state index in [-0.39, 0.29) is 6.79 Å². The lowest BCUT2D eigenvalue weighted by Gasteiger charge is -2.48. The second-order valence-electron chi connectivity index (χ2n) is 8.06. The zero-order valence-electron chi connectivity index (χ0n) is 20.7. The zero-order chi connectivity index (χ0) is 27.3. The van der Waals surface area contributed by atoms with Crippen LogP contribution in [-0.4, -0.2) is 81.6 Å². The van der Waals surface area contributed by atoms with E-state index in [0.29, 0.717) is 17.1 Å². The molecule has 37 heavy (non-hydrogen) atoms. The first kappa shape index (κ1) is 27.4. The minimum atomic E-state index is -1.53. The first-order chi connectivity index (χ1) is 17.5. The van der Waals surface area contributed by atoms with Crippen LogP contribution in [0.15, 0.2) is 18.2 Å². The molecule has 2 aliphatic rings. The summed E-state index contributed by atoms with van der Waals surface area (Å²) < 4.78 is 42.1. The van der Waals surface area contributed by atoms with Gasteiger partial charge < -0.3 is 43.2 Å². The number of methoxy groups -OCH3 is 2. The van der Waals surface area contributed by atoms with Crippen LogP contribution in [0.2, 0.25) is 0 Å². The first-order valence-corrected chi connectivity index (χ1v) is 11.1. The van der Waals surface area contributed by atoms with Gasteiger partial charge in [-0.3, -0.25) is 14.4 Å². The minimum Gasteiger partial charge on any atom is -0.458 e. The molecule has 1 aliphatic carbocycles. The van der Waals surface area contributed by atoms with Crippen LogP contribution in [0.5, 0.6) is 11.5 Å². The summed E-state index contributed by atoms with van der Waals surface area (Å²) in [6.07, 6.45) is -7.96. The standard InChI is InChI=1S/C23H27NO13/c1-10(25)34-18-16(13-6-7-14-15(8-13)33-9-32-14)17(24-22(28)30-4)19(37-23(29)31-5)21(36-12(3)27)20(18)35-11(2)26/h6-8,16-21H,9H2,1-5H3,(H,24,28)/t16-,17-,18-,19+,20+,21+/m1/s1. The average molecular weight is 525 g/mol. The molecule has 14 heteroatoms. The van der Waals surface area contributed by atoms with E-state index in [4.69, 9.17) is 33.2 Å². The molecule has 0 aromatic heterocycles. The lowest BCUT2D eigenvalue weighted by molar-refractivity contribution is -0.212. The van der Waals surface area contributed by atoms with Crippen molar-refractivity contribution in [3.63, 3.8) is 0 Å². The van der Waals surface area contributed by atoms with Crippen molar-refractivity contribution in [1.29, 1.82) is 0 Å². The summed E-state index contributed by atoms with van der Waals surface area (Å²) in [4.78, 5) is 61.0. The maximum absolute atomic E-state index is 12.4. The predicted molar refractivity (Wildman–Crippen MR) is 119 cm³/mol. The van der Waals surface area contributed by atoms with Gasteiger partial charge in [0.15, 0.2) is 35.9 Å². The fourth-order valence-electron chi connectivity index (χ4n) is 4.36. The molecule has 14 nitrogen and oxygen atoms in total. The van der Waals surface area contributed by atoms with Gasteiger partial charge in [-0.1, -0.05) is 6.07 Å². The van der Waals surface area contributed by atoms with E-state index in [0.717, 1.165) is 35.0 Å². The Hall–Kier alpha value is -4.23. The quantitative estimate of drug-likeness (QED) is 0.415. The topological polar surface area (TPSA) is 171 Å². The van der Waals surface area contributed by atoms with Crippen LogP contribution in [-0.2, 0) is 42.8 Å². The summed E-state index contributed by atoms with van der Waals surface area (Å²) in [6.45, 7) is 3.27. The molecule has 1 heterocycles. The molecular weight excluding hydrogens is 498 g/mol. The summed E-state index contributed by atoms with van der Waals surface area (Å²) in [5, 5.41) is 2.56. The third-order valence-electron chi connectivity index (χ3n) is 5.62. The average Bonchev–Trinajstić information content (AvgIpc) is 3.30. The molecule has 1 amide bonds. The molecule has 0 saturated heterocycles. The number of amides is 1. The highest BCUT2D eigenvalue weighted by atomic mass is 16.7. The van der Waals surface area contributed by atoms with E-state index >= 15 is 0 Å². The summed E-state index contributed by atoms with van der Waals surface area (Å²) in [6, 6.07) is 3.51. The van der Waals surface area contributed by atoms with Gasteiger partial charge in [0, 0.05) is 26.7 Å². The van der Waals surface area contributed by atoms with Crippen LogP contribution in [0.1, 0.15) is 32.3 Å². The molecule has 3 rings (SSSR count). The van der Waals surface area contributed by atoms with Crippen LogP contribution in [0.25, 0.3) is 0 Å². The van der Waals surface area contributed by atoms with Crippen molar-refractivity contribution in [1.82, 2.24) is 5.32 Å². The number of benzene rings is 1. The van der Waals surface area contributed by atoms with Crippen molar-refractivity contribution >= 4 is 30.2 Å². The first-order valence-electron chi connectivity index (χ1n) is 11.1. The number of alkyl carbamates (subject to hydrolysis) is 1. The van der Waals surface area contributed by atoms with Crippen molar-refractivity contribution in [2.45, 2.75) is 57.1 Å². The Morgan fingerprint density at radius 2 is 1.32 bits per heavy atom. The Bertz CT molecular complexity index is 1060. The van der Waals surface area contributed by atoms with Crippen molar-refractivity contribution < 1.29 is 61.9 Å².